The summed E-state index contributed by atoms with van der Waals surface area (Å²) >= 11 is 0. The first-order valence-electron chi connectivity index (χ1n) is 6.96. The molecule has 0 amide bonds. The van der Waals surface area contributed by atoms with E-state index in [1.807, 2.05) is 35.2 Å². The summed E-state index contributed by atoms with van der Waals surface area (Å²) in [5.41, 5.74) is 1.14. The summed E-state index contributed by atoms with van der Waals surface area (Å²) in [5.74, 6) is 0.168. The molecule has 0 aliphatic rings. The quantitative estimate of drug-likeness (QED) is 0.578. The second-order valence-electron chi connectivity index (χ2n) is 4.85. The van der Waals surface area contributed by atoms with Crippen LogP contribution in [0.4, 0.5) is 11.9 Å². The largest absolute Gasteiger partial charge is 0.493 e. The van der Waals surface area contributed by atoms with Crippen LogP contribution in [0.2, 0.25) is 0 Å². The predicted molar refractivity (Wildman–Crippen MR) is 80.1 cm³/mol. The van der Waals surface area contributed by atoms with Crippen LogP contribution in [0.15, 0.2) is 30.3 Å². The molecule has 0 saturated heterocycles. The smallest absolute Gasteiger partial charge is 0.390 e. The molecule has 0 aliphatic carbocycles. The number of aryl methyl sites for hydroxylation is 1. The van der Waals surface area contributed by atoms with Crippen LogP contribution >= 0.6 is 0 Å². The fourth-order valence-corrected chi connectivity index (χ4v) is 2.12. The summed E-state index contributed by atoms with van der Waals surface area (Å²) in [4.78, 5) is 16.3. The average molecular weight is 289 g/mol. The second-order valence-corrected chi connectivity index (χ2v) is 4.85. The highest BCUT2D eigenvalue weighted by atomic mass is 16.6. The Bertz CT molecular complexity index is 597. The zero-order valence-electron chi connectivity index (χ0n) is 12.3. The SMILES string of the molecule is CCCCN(Cc1ccccc1)c1nc([N+](=O)[O-])nn1C. The van der Waals surface area contributed by atoms with Crippen molar-refractivity contribution in [3.8, 4) is 0 Å². The Morgan fingerprint density at radius 1 is 1.33 bits per heavy atom. The van der Waals surface area contributed by atoms with E-state index in [0.29, 0.717) is 12.5 Å². The van der Waals surface area contributed by atoms with E-state index in [-0.39, 0.29) is 5.95 Å². The van der Waals surface area contributed by atoms with Crippen LogP contribution in [0.25, 0.3) is 0 Å². The Labute approximate surface area is 123 Å². The molecule has 0 radical (unpaired) electrons. The molecule has 7 nitrogen and oxygen atoms in total. The van der Waals surface area contributed by atoms with Crippen LogP contribution in [0.5, 0.6) is 0 Å². The number of unbranched alkanes of at least 4 members (excludes halogenated alkanes) is 1. The lowest BCUT2D eigenvalue weighted by atomic mass is 10.2. The lowest BCUT2D eigenvalue weighted by molar-refractivity contribution is -0.394. The van der Waals surface area contributed by atoms with Gasteiger partial charge < -0.3 is 15.0 Å². The number of hydrogen-bond donors (Lipinski definition) is 0. The summed E-state index contributed by atoms with van der Waals surface area (Å²) in [7, 11) is 1.68. The molecule has 0 unspecified atom stereocenters. The molecule has 0 bridgehead atoms. The van der Waals surface area contributed by atoms with Crippen molar-refractivity contribution in [3.63, 3.8) is 0 Å². The van der Waals surface area contributed by atoms with Gasteiger partial charge in [-0.3, -0.25) is 0 Å². The molecule has 7 heteroatoms. The lowest BCUT2D eigenvalue weighted by Gasteiger charge is -2.20. The highest BCUT2D eigenvalue weighted by molar-refractivity contribution is 5.35. The fourth-order valence-electron chi connectivity index (χ4n) is 2.12. The van der Waals surface area contributed by atoms with Gasteiger partial charge in [-0.25, -0.2) is 0 Å². The molecule has 0 atom stereocenters. The van der Waals surface area contributed by atoms with Crippen LogP contribution in [-0.4, -0.2) is 26.2 Å². The molecule has 2 aromatic rings. The molecule has 0 aliphatic heterocycles. The zero-order valence-corrected chi connectivity index (χ0v) is 12.3. The molecular weight excluding hydrogens is 270 g/mol. The Hall–Kier alpha value is -2.44. The summed E-state index contributed by atoms with van der Waals surface area (Å²) in [6.45, 7) is 3.55. The minimum atomic E-state index is -0.565. The molecule has 0 spiro atoms. The third kappa shape index (κ3) is 3.77. The third-order valence-electron chi connectivity index (χ3n) is 3.17. The second kappa shape index (κ2) is 6.83. The Morgan fingerprint density at radius 2 is 2.05 bits per heavy atom. The average Bonchev–Trinajstić information content (AvgIpc) is 2.87. The van der Waals surface area contributed by atoms with Crippen molar-refractivity contribution in [2.24, 2.45) is 7.05 Å². The third-order valence-corrected chi connectivity index (χ3v) is 3.17. The molecule has 1 aromatic heterocycles. The number of hydrogen-bond acceptors (Lipinski definition) is 5. The Kier molecular flexibility index (Phi) is 4.86. The van der Waals surface area contributed by atoms with Crippen molar-refractivity contribution in [2.45, 2.75) is 26.3 Å². The van der Waals surface area contributed by atoms with E-state index in [1.54, 1.807) is 7.05 Å². The topological polar surface area (TPSA) is 77.1 Å². The molecule has 1 heterocycles. The van der Waals surface area contributed by atoms with E-state index in [4.69, 9.17) is 0 Å². The van der Waals surface area contributed by atoms with Gasteiger partial charge in [-0.15, -0.1) is 0 Å². The van der Waals surface area contributed by atoms with Crippen LogP contribution < -0.4 is 4.90 Å². The predicted octanol–water partition coefficient (Wildman–Crippen LogP) is 2.53. The summed E-state index contributed by atoms with van der Waals surface area (Å²) in [6.07, 6.45) is 2.04. The lowest BCUT2D eigenvalue weighted by Crippen LogP contribution is -2.26. The van der Waals surface area contributed by atoms with Crippen molar-refractivity contribution >= 4 is 11.9 Å². The van der Waals surface area contributed by atoms with Gasteiger partial charge in [-0.2, -0.15) is 4.68 Å². The summed E-state index contributed by atoms with van der Waals surface area (Å²) < 4.78 is 1.47. The van der Waals surface area contributed by atoms with Crippen LogP contribution in [-0.2, 0) is 13.6 Å². The molecular formula is C14H19N5O2. The molecule has 0 N–H and O–H groups in total. The van der Waals surface area contributed by atoms with Gasteiger partial charge in [-0.05, 0) is 21.9 Å². The molecule has 1 aromatic carbocycles. The van der Waals surface area contributed by atoms with E-state index in [9.17, 15) is 10.1 Å². The fraction of sp³-hybridized carbons (Fsp3) is 0.429. The normalized spacial score (nSPS) is 10.6. The highest BCUT2D eigenvalue weighted by Gasteiger charge is 2.24. The summed E-state index contributed by atoms with van der Waals surface area (Å²) in [6, 6.07) is 9.99. The van der Waals surface area contributed by atoms with Crippen molar-refractivity contribution in [3.05, 3.63) is 46.0 Å². The van der Waals surface area contributed by atoms with Gasteiger partial charge in [-0.1, -0.05) is 43.7 Å². The molecule has 112 valence electrons. The van der Waals surface area contributed by atoms with Gasteiger partial charge in [0.15, 0.2) is 0 Å². The summed E-state index contributed by atoms with van der Waals surface area (Å²) in [5, 5.41) is 14.7. The Balaban J connectivity index is 2.25. The standard InChI is InChI=1S/C14H19N5O2/c1-3-4-10-18(11-12-8-6-5-7-9-12)14-15-13(19(20)21)16-17(14)2/h5-9H,3-4,10-11H2,1-2H3. The van der Waals surface area contributed by atoms with E-state index in [2.05, 4.69) is 17.0 Å². The zero-order chi connectivity index (χ0) is 15.2. The number of rotatable bonds is 7. The number of aromatic nitrogens is 3. The maximum Gasteiger partial charge on any atom is 0.493 e. The molecule has 0 saturated carbocycles. The maximum absolute atomic E-state index is 10.8. The maximum atomic E-state index is 10.8. The van der Waals surface area contributed by atoms with Crippen molar-refractivity contribution in [1.29, 1.82) is 0 Å². The first-order valence-corrected chi connectivity index (χ1v) is 6.96. The van der Waals surface area contributed by atoms with Crippen LogP contribution in [0.1, 0.15) is 25.3 Å². The van der Waals surface area contributed by atoms with Gasteiger partial charge >= 0.3 is 11.9 Å². The van der Waals surface area contributed by atoms with Gasteiger partial charge in [0, 0.05) is 25.2 Å². The van der Waals surface area contributed by atoms with Crippen LogP contribution in [0.3, 0.4) is 0 Å². The van der Waals surface area contributed by atoms with Gasteiger partial charge in [0.25, 0.3) is 0 Å². The Morgan fingerprint density at radius 3 is 2.62 bits per heavy atom. The molecule has 21 heavy (non-hydrogen) atoms. The first-order chi connectivity index (χ1) is 10.1. The number of nitro groups is 1. The number of benzene rings is 1. The monoisotopic (exact) mass is 289 g/mol. The highest BCUT2D eigenvalue weighted by Crippen LogP contribution is 2.18. The van der Waals surface area contributed by atoms with Crippen LogP contribution in [0, 0.1) is 10.1 Å². The van der Waals surface area contributed by atoms with E-state index in [0.717, 1.165) is 24.9 Å². The van der Waals surface area contributed by atoms with Crippen molar-refractivity contribution in [1.82, 2.24) is 14.8 Å². The minimum absolute atomic E-state index is 0.359. The van der Waals surface area contributed by atoms with Gasteiger partial charge in [0.2, 0.25) is 0 Å². The number of anilines is 1. The van der Waals surface area contributed by atoms with E-state index in [1.165, 1.54) is 4.68 Å². The van der Waals surface area contributed by atoms with Gasteiger partial charge in [0.05, 0.1) is 0 Å². The van der Waals surface area contributed by atoms with Gasteiger partial charge in [0.1, 0.15) is 0 Å². The molecule has 0 fully saturated rings. The van der Waals surface area contributed by atoms with E-state index >= 15 is 0 Å². The molecule has 2 rings (SSSR count). The van der Waals surface area contributed by atoms with Crippen molar-refractivity contribution in [2.75, 3.05) is 11.4 Å². The first kappa shape index (κ1) is 15.0. The van der Waals surface area contributed by atoms with Crippen molar-refractivity contribution < 1.29 is 4.92 Å². The number of nitrogens with zero attached hydrogens (tertiary/aromatic N) is 5. The van der Waals surface area contributed by atoms with E-state index < -0.39 is 4.92 Å². The minimum Gasteiger partial charge on any atom is -0.390 e.